The largest absolute Gasteiger partial charge is 0.497 e. The molecule has 3 amide bonds. The molecule has 0 saturated carbocycles. The predicted octanol–water partition coefficient (Wildman–Crippen LogP) is 2.79. The molecule has 1 saturated heterocycles. The maximum atomic E-state index is 12.1. The second-order valence-corrected chi connectivity index (χ2v) is 5.14. The van der Waals surface area contributed by atoms with Gasteiger partial charge < -0.3 is 4.74 Å². The standard InChI is InChI=1S/C18H16N2O3/c1-23-15-9-5-8-14(10-15)11-16-17(21)19-18(22)20(16)12-13-6-3-2-4-7-13/h2-11H,12H2,1H3,(H,19,21,22). The molecule has 23 heavy (non-hydrogen) atoms. The van der Waals surface area contributed by atoms with Crippen LogP contribution in [0, 0.1) is 0 Å². The number of amides is 3. The van der Waals surface area contributed by atoms with Crippen molar-refractivity contribution in [1.82, 2.24) is 10.2 Å². The van der Waals surface area contributed by atoms with Gasteiger partial charge in [-0.1, -0.05) is 42.5 Å². The van der Waals surface area contributed by atoms with E-state index in [-0.39, 0.29) is 0 Å². The first-order valence-corrected chi connectivity index (χ1v) is 7.20. The predicted molar refractivity (Wildman–Crippen MR) is 86.5 cm³/mol. The number of rotatable bonds is 4. The highest BCUT2D eigenvalue weighted by Gasteiger charge is 2.32. The van der Waals surface area contributed by atoms with E-state index >= 15 is 0 Å². The molecule has 0 bridgehead atoms. The zero-order valence-electron chi connectivity index (χ0n) is 12.7. The number of urea groups is 1. The number of hydrogen-bond acceptors (Lipinski definition) is 3. The molecule has 116 valence electrons. The highest BCUT2D eigenvalue weighted by Crippen LogP contribution is 2.21. The number of carbonyl (C=O) groups excluding carboxylic acids is 2. The van der Waals surface area contributed by atoms with Crippen LogP contribution < -0.4 is 10.1 Å². The van der Waals surface area contributed by atoms with Gasteiger partial charge in [-0.2, -0.15) is 0 Å². The summed E-state index contributed by atoms with van der Waals surface area (Å²) in [7, 11) is 1.58. The zero-order chi connectivity index (χ0) is 16.2. The summed E-state index contributed by atoms with van der Waals surface area (Å²) in [6.07, 6.45) is 1.69. The average molecular weight is 308 g/mol. The molecule has 2 aromatic carbocycles. The Balaban J connectivity index is 1.92. The van der Waals surface area contributed by atoms with E-state index in [4.69, 9.17) is 4.74 Å². The highest BCUT2D eigenvalue weighted by atomic mass is 16.5. The summed E-state index contributed by atoms with van der Waals surface area (Å²) in [6, 6.07) is 16.5. The van der Waals surface area contributed by atoms with Crippen LogP contribution in [0.25, 0.3) is 6.08 Å². The smallest absolute Gasteiger partial charge is 0.329 e. The van der Waals surface area contributed by atoms with Gasteiger partial charge in [0, 0.05) is 0 Å². The quantitative estimate of drug-likeness (QED) is 0.698. The molecule has 0 unspecified atom stereocenters. The van der Waals surface area contributed by atoms with Crippen LogP contribution >= 0.6 is 0 Å². The average Bonchev–Trinajstić information content (AvgIpc) is 2.83. The summed E-state index contributed by atoms with van der Waals surface area (Å²) in [5.41, 5.74) is 2.07. The van der Waals surface area contributed by atoms with E-state index in [9.17, 15) is 9.59 Å². The minimum Gasteiger partial charge on any atom is -0.497 e. The van der Waals surface area contributed by atoms with E-state index in [2.05, 4.69) is 5.32 Å². The Morgan fingerprint density at radius 3 is 2.61 bits per heavy atom. The van der Waals surface area contributed by atoms with E-state index in [1.165, 1.54) is 4.90 Å². The van der Waals surface area contributed by atoms with Crippen molar-refractivity contribution in [2.75, 3.05) is 7.11 Å². The van der Waals surface area contributed by atoms with Crippen LogP contribution in [0.4, 0.5) is 4.79 Å². The number of methoxy groups -OCH3 is 1. The highest BCUT2D eigenvalue weighted by molar-refractivity contribution is 6.13. The molecule has 0 atom stereocenters. The second-order valence-electron chi connectivity index (χ2n) is 5.14. The minimum absolute atomic E-state index is 0.326. The molecule has 0 spiro atoms. The fourth-order valence-electron chi connectivity index (χ4n) is 2.42. The zero-order valence-corrected chi connectivity index (χ0v) is 12.7. The Labute approximate surface area is 134 Å². The van der Waals surface area contributed by atoms with Gasteiger partial charge in [0.25, 0.3) is 5.91 Å². The molecule has 1 aliphatic heterocycles. The second kappa shape index (κ2) is 6.36. The van der Waals surface area contributed by atoms with Crippen LogP contribution in [0.3, 0.4) is 0 Å². The van der Waals surface area contributed by atoms with Gasteiger partial charge in [0.1, 0.15) is 11.4 Å². The van der Waals surface area contributed by atoms with Gasteiger partial charge in [0.15, 0.2) is 0 Å². The topological polar surface area (TPSA) is 58.6 Å². The lowest BCUT2D eigenvalue weighted by Crippen LogP contribution is -2.27. The Morgan fingerprint density at radius 2 is 1.87 bits per heavy atom. The third-order valence-corrected chi connectivity index (χ3v) is 3.57. The third-order valence-electron chi connectivity index (χ3n) is 3.57. The van der Waals surface area contributed by atoms with E-state index in [0.29, 0.717) is 18.0 Å². The fourth-order valence-corrected chi connectivity index (χ4v) is 2.42. The first-order valence-electron chi connectivity index (χ1n) is 7.20. The molecule has 1 fully saturated rings. The van der Waals surface area contributed by atoms with Crippen LogP contribution in [0.1, 0.15) is 11.1 Å². The molecular weight excluding hydrogens is 292 g/mol. The van der Waals surface area contributed by atoms with Crippen LogP contribution in [0.2, 0.25) is 0 Å². The number of nitrogens with zero attached hydrogens (tertiary/aromatic N) is 1. The van der Waals surface area contributed by atoms with Crippen LogP contribution in [0.5, 0.6) is 5.75 Å². The number of nitrogens with one attached hydrogen (secondary N) is 1. The molecule has 5 heteroatoms. The van der Waals surface area contributed by atoms with Gasteiger partial charge in [-0.25, -0.2) is 4.79 Å². The van der Waals surface area contributed by atoms with Crippen molar-refractivity contribution in [3.8, 4) is 5.75 Å². The summed E-state index contributed by atoms with van der Waals surface area (Å²) in [5.74, 6) is 0.299. The van der Waals surface area contributed by atoms with Crippen molar-refractivity contribution >= 4 is 18.0 Å². The molecule has 1 N–H and O–H groups in total. The van der Waals surface area contributed by atoms with Crippen molar-refractivity contribution in [1.29, 1.82) is 0 Å². The first-order chi connectivity index (χ1) is 11.2. The van der Waals surface area contributed by atoms with Crippen molar-refractivity contribution in [3.05, 3.63) is 71.4 Å². The molecule has 2 aromatic rings. The fraction of sp³-hybridized carbons (Fsp3) is 0.111. The number of hydrogen-bond donors (Lipinski definition) is 1. The van der Waals surface area contributed by atoms with Gasteiger partial charge in [-0.15, -0.1) is 0 Å². The molecule has 0 radical (unpaired) electrons. The maximum absolute atomic E-state index is 12.1. The summed E-state index contributed by atoms with van der Waals surface area (Å²) in [6.45, 7) is 0.341. The Bertz CT molecular complexity index is 769. The summed E-state index contributed by atoms with van der Waals surface area (Å²) >= 11 is 0. The van der Waals surface area contributed by atoms with Gasteiger partial charge >= 0.3 is 6.03 Å². The lowest BCUT2D eigenvalue weighted by molar-refractivity contribution is -0.116. The SMILES string of the molecule is COc1cccc(C=C2C(=O)NC(=O)N2Cc2ccccc2)c1. The van der Waals surface area contributed by atoms with Crippen LogP contribution in [0.15, 0.2) is 60.3 Å². The molecule has 0 aromatic heterocycles. The van der Waals surface area contributed by atoms with Gasteiger partial charge in [-0.05, 0) is 29.3 Å². The van der Waals surface area contributed by atoms with Crippen molar-refractivity contribution in [3.63, 3.8) is 0 Å². The summed E-state index contributed by atoms with van der Waals surface area (Å²) < 4.78 is 5.18. The molecule has 5 nitrogen and oxygen atoms in total. The van der Waals surface area contributed by atoms with Crippen molar-refractivity contribution in [2.24, 2.45) is 0 Å². The van der Waals surface area contributed by atoms with E-state index in [1.807, 2.05) is 54.6 Å². The number of ether oxygens (including phenoxy) is 1. The number of benzene rings is 2. The molecule has 3 rings (SSSR count). The summed E-state index contributed by atoms with van der Waals surface area (Å²) in [5, 5.41) is 2.33. The Kier molecular flexibility index (Phi) is 4.10. The van der Waals surface area contributed by atoms with Crippen LogP contribution in [-0.2, 0) is 11.3 Å². The third kappa shape index (κ3) is 3.23. The van der Waals surface area contributed by atoms with Gasteiger partial charge in [0.05, 0.1) is 13.7 Å². The van der Waals surface area contributed by atoms with Crippen molar-refractivity contribution < 1.29 is 14.3 Å². The molecule has 0 aliphatic carbocycles. The number of carbonyl (C=O) groups is 2. The molecular formula is C18H16N2O3. The van der Waals surface area contributed by atoms with Gasteiger partial charge in [-0.3, -0.25) is 15.0 Å². The normalized spacial score (nSPS) is 15.9. The Hall–Kier alpha value is -3.08. The van der Waals surface area contributed by atoms with Gasteiger partial charge in [0.2, 0.25) is 0 Å². The number of imide groups is 1. The van der Waals surface area contributed by atoms with Crippen molar-refractivity contribution in [2.45, 2.75) is 6.54 Å². The summed E-state index contributed by atoms with van der Waals surface area (Å²) in [4.78, 5) is 25.6. The maximum Gasteiger partial charge on any atom is 0.329 e. The lowest BCUT2D eigenvalue weighted by Gasteiger charge is -2.15. The van der Waals surface area contributed by atoms with E-state index in [1.54, 1.807) is 13.2 Å². The van der Waals surface area contributed by atoms with E-state index < -0.39 is 11.9 Å². The monoisotopic (exact) mass is 308 g/mol. The van der Waals surface area contributed by atoms with E-state index in [0.717, 1.165) is 11.1 Å². The Morgan fingerprint density at radius 1 is 1.09 bits per heavy atom. The molecule has 1 heterocycles. The minimum atomic E-state index is -0.409. The first kappa shape index (κ1) is 14.8. The van der Waals surface area contributed by atoms with Crippen LogP contribution in [-0.4, -0.2) is 23.9 Å². The molecule has 1 aliphatic rings. The lowest BCUT2D eigenvalue weighted by atomic mass is 10.1.